The van der Waals surface area contributed by atoms with E-state index in [9.17, 15) is 0 Å². The van der Waals surface area contributed by atoms with Gasteiger partial charge in [0.15, 0.2) is 0 Å². The summed E-state index contributed by atoms with van der Waals surface area (Å²) in [5.74, 6) is 0.341. The van der Waals surface area contributed by atoms with Crippen molar-refractivity contribution in [3.05, 3.63) is 218 Å². The molecule has 1 aliphatic carbocycles. The van der Waals surface area contributed by atoms with Gasteiger partial charge >= 0.3 is 0 Å². The number of hydrogen-bond donors (Lipinski definition) is 0. The van der Waals surface area contributed by atoms with Crippen molar-refractivity contribution in [1.82, 2.24) is 13.7 Å². The van der Waals surface area contributed by atoms with Gasteiger partial charge in [0.05, 0.1) is 33.1 Å². The average Bonchev–Trinajstić information content (AvgIpc) is 3.92. The van der Waals surface area contributed by atoms with Crippen molar-refractivity contribution in [3.63, 3.8) is 0 Å². The Morgan fingerprint density at radius 1 is 0.509 bits per heavy atom. The summed E-state index contributed by atoms with van der Waals surface area (Å²) in [5.41, 5.74) is 14.0. The third-order valence-corrected chi connectivity index (χ3v) is 11.9. The van der Waals surface area contributed by atoms with Crippen LogP contribution in [0.3, 0.4) is 0 Å². The van der Waals surface area contributed by atoms with Crippen LogP contribution in [0.25, 0.3) is 88.1 Å². The lowest BCUT2D eigenvalue weighted by molar-refractivity contribution is 0.855. The van der Waals surface area contributed by atoms with Gasteiger partial charge in [0.2, 0.25) is 0 Å². The molecular formula is C54H39N3. The molecule has 0 amide bonds. The van der Waals surface area contributed by atoms with Crippen molar-refractivity contribution >= 4 is 71.0 Å². The summed E-state index contributed by atoms with van der Waals surface area (Å²) in [6.45, 7) is 8.04. The molecule has 0 bridgehead atoms. The molecule has 3 nitrogen and oxygen atoms in total. The predicted octanol–water partition coefficient (Wildman–Crippen LogP) is 14.3. The fourth-order valence-corrected chi connectivity index (χ4v) is 9.42. The molecule has 1 aliphatic rings. The van der Waals surface area contributed by atoms with Crippen LogP contribution in [-0.2, 0) is 0 Å². The second kappa shape index (κ2) is 13.1. The van der Waals surface area contributed by atoms with Crippen LogP contribution in [0.5, 0.6) is 0 Å². The van der Waals surface area contributed by atoms with Crippen LogP contribution in [0.2, 0.25) is 0 Å². The molecule has 10 aromatic rings. The molecule has 1 atom stereocenters. The predicted molar refractivity (Wildman–Crippen MR) is 243 cm³/mol. The second-order valence-corrected chi connectivity index (χ2v) is 15.0. The van der Waals surface area contributed by atoms with Crippen LogP contribution < -0.4 is 0 Å². The standard InChI is InChI=1S/C54H39N3/c1-3-17-36(4-2)38-20-16-25-42(34-38)56-47-27-15-14-26-45(47)51-49(56)32-29-43-44-30-33-50-52(54(44)57(53(43)51)41-23-12-7-13-24-41)46-35-39(37-18-8-5-9-19-37)28-31-48(46)55(50)40-21-10-6-11-22-40/h3-18,20-35,37H,1-2,19H2/b36-17+. The van der Waals surface area contributed by atoms with Crippen LogP contribution in [0.15, 0.2) is 207 Å². The normalized spacial score (nSPS) is 14.5. The molecule has 1 unspecified atom stereocenters. The van der Waals surface area contributed by atoms with Gasteiger partial charge in [-0.1, -0.05) is 141 Å². The van der Waals surface area contributed by atoms with Crippen LogP contribution in [0.1, 0.15) is 23.5 Å². The molecule has 57 heavy (non-hydrogen) atoms. The molecule has 0 spiro atoms. The molecule has 3 heterocycles. The third kappa shape index (κ3) is 4.99. The SMILES string of the molecule is C=C/C=C(\C=C)c1cccc(-n2c3ccccc3c3c2ccc2c4ccc5c(c6cc(C7C=CC=CC7)ccc6n5-c5ccccc5)c4n(-c4ccccc4)c23)c1. The minimum atomic E-state index is 0.341. The van der Waals surface area contributed by atoms with E-state index >= 15 is 0 Å². The zero-order valence-corrected chi connectivity index (χ0v) is 31.5. The molecule has 3 aromatic heterocycles. The number of nitrogens with zero attached hydrogens (tertiary/aromatic N) is 3. The van der Waals surface area contributed by atoms with E-state index in [4.69, 9.17) is 0 Å². The quantitative estimate of drug-likeness (QED) is 0.145. The second-order valence-electron chi connectivity index (χ2n) is 15.0. The number of allylic oxidation sites excluding steroid dienone is 8. The number of hydrogen-bond acceptors (Lipinski definition) is 0. The maximum Gasteiger partial charge on any atom is 0.0641 e. The van der Waals surface area contributed by atoms with E-state index in [2.05, 4.69) is 203 Å². The van der Waals surface area contributed by atoms with Gasteiger partial charge in [-0.15, -0.1) is 0 Å². The number of benzene rings is 7. The molecule has 270 valence electrons. The maximum absolute atomic E-state index is 4.10. The molecule has 11 rings (SSSR count). The van der Waals surface area contributed by atoms with Gasteiger partial charge in [-0.05, 0) is 89.9 Å². The van der Waals surface area contributed by atoms with E-state index in [0.717, 1.165) is 40.1 Å². The maximum atomic E-state index is 4.10. The van der Waals surface area contributed by atoms with Crippen LogP contribution in [-0.4, -0.2) is 13.7 Å². The lowest BCUT2D eigenvalue weighted by Gasteiger charge is -2.14. The molecule has 0 saturated carbocycles. The number of para-hydroxylation sites is 3. The largest absolute Gasteiger partial charge is 0.309 e. The number of aromatic nitrogens is 3. The zero-order chi connectivity index (χ0) is 38.0. The first kappa shape index (κ1) is 33.0. The summed E-state index contributed by atoms with van der Waals surface area (Å²) >= 11 is 0. The van der Waals surface area contributed by atoms with E-state index in [0.29, 0.717) is 5.92 Å². The van der Waals surface area contributed by atoms with Crippen molar-refractivity contribution in [1.29, 1.82) is 0 Å². The van der Waals surface area contributed by atoms with Crippen molar-refractivity contribution < 1.29 is 0 Å². The van der Waals surface area contributed by atoms with Crippen molar-refractivity contribution in [2.45, 2.75) is 12.3 Å². The highest BCUT2D eigenvalue weighted by molar-refractivity contribution is 6.31. The Labute approximate surface area is 331 Å². The summed E-state index contributed by atoms with van der Waals surface area (Å²) in [4.78, 5) is 0. The van der Waals surface area contributed by atoms with Crippen molar-refractivity contribution in [2.75, 3.05) is 0 Å². The Morgan fingerprint density at radius 2 is 1.12 bits per heavy atom. The smallest absolute Gasteiger partial charge is 0.0641 e. The van der Waals surface area contributed by atoms with Gasteiger partial charge in [-0.3, -0.25) is 0 Å². The summed E-state index contributed by atoms with van der Waals surface area (Å²) in [5, 5.41) is 7.46. The topological polar surface area (TPSA) is 14.8 Å². The van der Waals surface area contributed by atoms with Gasteiger partial charge in [-0.25, -0.2) is 0 Å². The number of fused-ring (bicyclic) bond motifs is 11. The van der Waals surface area contributed by atoms with E-state index in [1.54, 1.807) is 0 Å². The van der Waals surface area contributed by atoms with Gasteiger partial charge in [0, 0.05) is 55.3 Å². The first-order valence-corrected chi connectivity index (χ1v) is 19.7. The fraction of sp³-hybridized carbons (Fsp3) is 0.0370. The Balaban J connectivity index is 1.32. The molecule has 3 heteroatoms. The van der Waals surface area contributed by atoms with Crippen LogP contribution in [0.4, 0.5) is 0 Å². The molecule has 0 aliphatic heterocycles. The molecule has 0 radical (unpaired) electrons. The summed E-state index contributed by atoms with van der Waals surface area (Å²) in [6, 6.07) is 55.8. The highest BCUT2D eigenvalue weighted by atomic mass is 15.0. The monoisotopic (exact) mass is 729 g/mol. The van der Waals surface area contributed by atoms with E-state index < -0.39 is 0 Å². The van der Waals surface area contributed by atoms with E-state index in [1.807, 2.05) is 18.2 Å². The molecule has 0 fully saturated rings. The summed E-state index contributed by atoms with van der Waals surface area (Å²) < 4.78 is 7.42. The fourth-order valence-electron chi connectivity index (χ4n) is 9.42. The molecule has 0 N–H and O–H groups in total. The van der Waals surface area contributed by atoms with Gasteiger partial charge in [0.1, 0.15) is 0 Å². The van der Waals surface area contributed by atoms with Crippen LogP contribution in [0, 0.1) is 0 Å². The lowest BCUT2D eigenvalue weighted by Crippen LogP contribution is -1.97. The van der Waals surface area contributed by atoms with E-state index in [-0.39, 0.29) is 0 Å². The Bertz CT molecular complexity index is 3340. The minimum absolute atomic E-state index is 0.341. The van der Waals surface area contributed by atoms with Gasteiger partial charge in [-0.2, -0.15) is 0 Å². The summed E-state index contributed by atoms with van der Waals surface area (Å²) in [7, 11) is 0. The van der Waals surface area contributed by atoms with Gasteiger partial charge < -0.3 is 13.7 Å². The minimum Gasteiger partial charge on any atom is -0.309 e. The van der Waals surface area contributed by atoms with Crippen LogP contribution >= 0.6 is 0 Å². The molecular weight excluding hydrogens is 691 g/mol. The van der Waals surface area contributed by atoms with E-state index in [1.165, 1.54) is 65.5 Å². The zero-order valence-electron chi connectivity index (χ0n) is 31.5. The first-order valence-electron chi connectivity index (χ1n) is 19.7. The number of rotatable bonds is 7. The first-order chi connectivity index (χ1) is 28.2. The summed E-state index contributed by atoms with van der Waals surface area (Å²) in [6.07, 6.45) is 15.7. The van der Waals surface area contributed by atoms with Gasteiger partial charge in [0.25, 0.3) is 0 Å². The molecule has 7 aromatic carbocycles. The third-order valence-electron chi connectivity index (χ3n) is 11.9. The highest BCUT2D eigenvalue weighted by Gasteiger charge is 2.25. The molecule has 0 saturated heterocycles. The Hall–Kier alpha value is -7.36. The average molecular weight is 730 g/mol. The van der Waals surface area contributed by atoms with Crippen molar-refractivity contribution in [2.24, 2.45) is 0 Å². The lowest BCUT2D eigenvalue weighted by atomic mass is 9.91. The van der Waals surface area contributed by atoms with Crippen molar-refractivity contribution in [3.8, 4) is 17.1 Å². The highest BCUT2D eigenvalue weighted by Crippen LogP contribution is 2.46. The Morgan fingerprint density at radius 3 is 1.81 bits per heavy atom. The Kier molecular flexibility index (Phi) is 7.61.